The molecular formula is C26H30N4O6S2. The molecule has 2 aromatic carbocycles. The van der Waals surface area contributed by atoms with Crippen molar-refractivity contribution in [2.75, 3.05) is 20.8 Å². The number of hydrogen-bond donors (Lipinski definition) is 2. The molecule has 12 heteroatoms. The first kappa shape index (κ1) is 27.6. The summed E-state index contributed by atoms with van der Waals surface area (Å²) in [7, 11) is -1.06. The normalized spacial score (nSPS) is 13.1. The van der Waals surface area contributed by atoms with Crippen molar-refractivity contribution in [2.45, 2.75) is 38.1 Å². The summed E-state index contributed by atoms with van der Waals surface area (Å²) in [5.74, 6) is 0.444. The van der Waals surface area contributed by atoms with E-state index in [4.69, 9.17) is 14.6 Å². The van der Waals surface area contributed by atoms with Crippen molar-refractivity contribution in [1.29, 1.82) is 0 Å². The second-order valence-electron chi connectivity index (χ2n) is 8.99. The van der Waals surface area contributed by atoms with Crippen molar-refractivity contribution in [3.05, 3.63) is 75.2 Å². The highest BCUT2D eigenvalue weighted by Gasteiger charge is 2.32. The smallest absolute Gasteiger partial charge is 0.299 e. The van der Waals surface area contributed by atoms with Crippen LogP contribution in [0.4, 0.5) is 0 Å². The zero-order valence-electron chi connectivity index (χ0n) is 21.2. The molecule has 0 saturated heterocycles. The summed E-state index contributed by atoms with van der Waals surface area (Å²) < 4.78 is 35.3. The summed E-state index contributed by atoms with van der Waals surface area (Å²) >= 11 is 1.15. The number of nitrogens with zero attached hydrogens (tertiary/aromatic N) is 2. The maximum absolute atomic E-state index is 13.8. The standard InChI is InChI=1S/C26H30N4O6S2/c1-35-21-13-19(14-22(36-2)24(21)18-10-11-18)26(32)30(12-6-9-17-7-4-3-5-8-17)15-23-28-20(16-37-23)25(31)29-38(27,33)34/h3-5,7-8,13-14,16,18H,6,9-12,15H2,1-2H3,(H,29,31)(H2,27,33,34). The molecule has 3 aromatic rings. The number of nitrogens with two attached hydrogens (primary N) is 1. The van der Waals surface area contributed by atoms with Gasteiger partial charge in [0.15, 0.2) is 0 Å². The van der Waals surface area contributed by atoms with E-state index < -0.39 is 16.1 Å². The molecule has 1 aliphatic rings. The predicted molar refractivity (Wildman–Crippen MR) is 144 cm³/mol. The van der Waals surface area contributed by atoms with Crippen LogP contribution in [0.1, 0.15) is 62.2 Å². The van der Waals surface area contributed by atoms with Gasteiger partial charge in [-0.3, -0.25) is 9.59 Å². The van der Waals surface area contributed by atoms with E-state index in [1.54, 1.807) is 36.0 Å². The number of carbonyl (C=O) groups is 2. The Bertz CT molecular complexity index is 1380. The van der Waals surface area contributed by atoms with Gasteiger partial charge in [-0.25, -0.2) is 14.8 Å². The Kier molecular flexibility index (Phi) is 8.65. The number of carbonyl (C=O) groups excluding carboxylic acids is 2. The van der Waals surface area contributed by atoms with Crippen LogP contribution in [-0.2, 0) is 23.2 Å². The zero-order chi connectivity index (χ0) is 27.3. The molecule has 0 bridgehead atoms. The maximum atomic E-state index is 13.8. The fourth-order valence-electron chi connectivity index (χ4n) is 4.22. The van der Waals surface area contributed by atoms with E-state index in [0.717, 1.165) is 41.7 Å². The minimum Gasteiger partial charge on any atom is -0.496 e. The lowest BCUT2D eigenvalue weighted by molar-refractivity contribution is 0.0740. The van der Waals surface area contributed by atoms with Gasteiger partial charge in [-0.05, 0) is 49.3 Å². The van der Waals surface area contributed by atoms with E-state index in [9.17, 15) is 18.0 Å². The van der Waals surface area contributed by atoms with Crippen LogP contribution in [0.3, 0.4) is 0 Å². The number of ether oxygens (including phenoxy) is 2. The number of thiazole rings is 1. The first-order chi connectivity index (χ1) is 18.2. The Morgan fingerprint density at radius 3 is 2.37 bits per heavy atom. The predicted octanol–water partition coefficient (Wildman–Crippen LogP) is 3.25. The van der Waals surface area contributed by atoms with Gasteiger partial charge in [-0.15, -0.1) is 11.3 Å². The van der Waals surface area contributed by atoms with Gasteiger partial charge in [0, 0.05) is 23.1 Å². The first-order valence-corrected chi connectivity index (χ1v) is 14.5. The fraction of sp³-hybridized carbons (Fsp3) is 0.346. The molecule has 1 aliphatic carbocycles. The molecule has 3 N–H and O–H groups in total. The Balaban J connectivity index is 1.58. The van der Waals surface area contributed by atoms with Crippen LogP contribution >= 0.6 is 11.3 Å². The van der Waals surface area contributed by atoms with Crippen LogP contribution in [-0.4, -0.2) is 50.9 Å². The molecular weight excluding hydrogens is 528 g/mol. The van der Waals surface area contributed by atoms with E-state index in [2.05, 4.69) is 4.98 Å². The summed E-state index contributed by atoms with van der Waals surface area (Å²) in [6.45, 7) is 0.566. The highest BCUT2D eigenvalue weighted by Crippen LogP contribution is 2.49. The molecule has 0 unspecified atom stereocenters. The number of amides is 2. The van der Waals surface area contributed by atoms with Gasteiger partial charge in [0.1, 0.15) is 22.2 Å². The molecule has 4 rings (SSSR count). The Labute approximate surface area is 226 Å². The summed E-state index contributed by atoms with van der Waals surface area (Å²) in [6, 6.07) is 13.5. The van der Waals surface area contributed by atoms with Gasteiger partial charge in [0.25, 0.3) is 22.0 Å². The van der Waals surface area contributed by atoms with Crippen molar-refractivity contribution >= 4 is 33.4 Å². The van der Waals surface area contributed by atoms with Gasteiger partial charge >= 0.3 is 0 Å². The average molecular weight is 559 g/mol. The molecule has 202 valence electrons. The van der Waals surface area contributed by atoms with Crippen LogP contribution in [0.2, 0.25) is 0 Å². The fourth-order valence-corrected chi connectivity index (χ4v) is 5.37. The minimum atomic E-state index is -4.21. The third-order valence-corrected chi connectivity index (χ3v) is 7.45. The van der Waals surface area contributed by atoms with E-state index in [1.165, 1.54) is 5.38 Å². The Hall–Kier alpha value is -3.48. The number of benzene rings is 2. The van der Waals surface area contributed by atoms with E-state index in [-0.39, 0.29) is 18.1 Å². The lowest BCUT2D eigenvalue weighted by Crippen LogP contribution is -2.36. The molecule has 0 radical (unpaired) electrons. The number of hydrogen-bond acceptors (Lipinski definition) is 8. The lowest BCUT2D eigenvalue weighted by atomic mass is 10.0. The highest BCUT2D eigenvalue weighted by molar-refractivity contribution is 7.87. The SMILES string of the molecule is COc1cc(C(=O)N(CCCc2ccccc2)Cc2nc(C(=O)NS(N)(=O)=O)cs2)cc(OC)c1C1CC1. The van der Waals surface area contributed by atoms with Gasteiger partial charge in [0.05, 0.1) is 20.8 Å². The summed E-state index contributed by atoms with van der Waals surface area (Å²) in [5, 5.41) is 6.80. The van der Waals surface area contributed by atoms with Crippen molar-refractivity contribution in [3.8, 4) is 11.5 Å². The first-order valence-electron chi connectivity index (χ1n) is 12.1. The number of rotatable bonds is 12. The van der Waals surface area contributed by atoms with Crippen LogP contribution in [0.15, 0.2) is 47.8 Å². The van der Waals surface area contributed by atoms with E-state index in [1.807, 2.05) is 30.3 Å². The number of nitrogens with one attached hydrogen (secondary N) is 1. The number of aromatic nitrogens is 1. The highest BCUT2D eigenvalue weighted by atomic mass is 32.2. The Morgan fingerprint density at radius 1 is 1.13 bits per heavy atom. The molecule has 0 aliphatic heterocycles. The van der Waals surface area contributed by atoms with Crippen molar-refractivity contribution in [2.24, 2.45) is 5.14 Å². The van der Waals surface area contributed by atoms with Crippen molar-refractivity contribution in [3.63, 3.8) is 0 Å². The third-order valence-electron chi connectivity index (χ3n) is 6.15. The third kappa shape index (κ3) is 7.09. The molecule has 0 atom stereocenters. The molecule has 0 spiro atoms. The van der Waals surface area contributed by atoms with E-state index in [0.29, 0.717) is 41.0 Å². The maximum Gasteiger partial charge on any atom is 0.299 e. The molecule has 1 aromatic heterocycles. The zero-order valence-corrected chi connectivity index (χ0v) is 22.8. The molecule has 2 amide bonds. The largest absolute Gasteiger partial charge is 0.496 e. The van der Waals surface area contributed by atoms with Crippen LogP contribution in [0.25, 0.3) is 0 Å². The van der Waals surface area contributed by atoms with Crippen LogP contribution < -0.4 is 19.3 Å². The molecule has 1 saturated carbocycles. The minimum absolute atomic E-state index is 0.0900. The van der Waals surface area contributed by atoms with Crippen molar-refractivity contribution in [1.82, 2.24) is 14.6 Å². The molecule has 1 heterocycles. The number of methoxy groups -OCH3 is 2. The monoisotopic (exact) mass is 558 g/mol. The van der Waals surface area contributed by atoms with Gasteiger partial charge in [0.2, 0.25) is 0 Å². The van der Waals surface area contributed by atoms with Crippen LogP contribution in [0.5, 0.6) is 11.5 Å². The lowest BCUT2D eigenvalue weighted by Gasteiger charge is -2.23. The number of aryl methyl sites for hydroxylation is 1. The quantitative estimate of drug-likeness (QED) is 0.348. The molecule has 38 heavy (non-hydrogen) atoms. The summed E-state index contributed by atoms with van der Waals surface area (Å²) in [6.07, 6.45) is 3.58. The van der Waals surface area contributed by atoms with Gasteiger partial charge in [-0.2, -0.15) is 8.42 Å². The van der Waals surface area contributed by atoms with Crippen molar-refractivity contribution < 1.29 is 27.5 Å². The van der Waals surface area contributed by atoms with E-state index >= 15 is 0 Å². The summed E-state index contributed by atoms with van der Waals surface area (Å²) in [4.78, 5) is 31.8. The average Bonchev–Trinajstić information content (AvgIpc) is 3.63. The molecule has 1 fully saturated rings. The summed E-state index contributed by atoms with van der Waals surface area (Å²) in [5.41, 5.74) is 2.47. The second-order valence-corrected chi connectivity index (χ2v) is 11.2. The van der Waals surface area contributed by atoms with Gasteiger partial charge in [-0.1, -0.05) is 30.3 Å². The Morgan fingerprint density at radius 2 is 1.79 bits per heavy atom. The molecule has 10 nitrogen and oxygen atoms in total. The van der Waals surface area contributed by atoms with Gasteiger partial charge < -0.3 is 14.4 Å². The van der Waals surface area contributed by atoms with Crippen LogP contribution in [0, 0.1) is 0 Å². The second kappa shape index (κ2) is 11.9. The topological polar surface area (TPSA) is 141 Å².